The topological polar surface area (TPSA) is 85.8 Å². The Kier molecular flexibility index (Phi) is 12.5. The molecule has 0 fully saturated rings. The van der Waals surface area contributed by atoms with Gasteiger partial charge in [-0.2, -0.15) is 0 Å². The Morgan fingerprint density at radius 1 is 1.20 bits per heavy atom. The fourth-order valence-electron chi connectivity index (χ4n) is 3.07. The van der Waals surface area contributed by atoms with Crippen molar-refractivity contribution >= 4 is 29.5 Å². The Labute approximate surface area is 184 Å². The number of unbranched alkanes of at least 4 members (excludes halogenated alkanes) is 3. The van der Waals surface area contributed by atoms with Crippen molar-refractivity contribution in [3.05, 3.63) is 16.1 Å². The van der Waals surface area contributed by atoms with E-state index in [1.54, 1.807) is 5.38 Å². The minimum atomic E-state index is -0.644. The average Bonchev–Trinajstić information content (AvgIpc) is 3.18. The number of hydrogen-bond donors (Lipinski definition) is 0. The molecule has 1 heterocycles. The van der Waals surface area contributed by atoms with Crippen molar-refractivity contribution in [2.24, 2.45) is 5.92 Å². The number of nitrogens with zero attached hydrogens (tertiary/aromatic N) is 2. The maximum Gasteiger partial charge on any atom is 0.303 e. The van der Waals surface area contributed by atoms with E-state index >= 15 is 0 Å². The Balaban J connectivity index is 3.09. The molecule has 0 spiro atoms. The molecule has 0 aliphatic heterocycles. The van der Waals surface area contributed by atoms with E-state index in [0.29, 0.717) is 36.4 Å². The molecule has 2 atom stereocenters. The van der Waals surface area contributed by atoms with Crippen LogP contribution in [0.4, 0.5) is 0 Å². The van der Waals surface area contributed by atoms with Gasteiger partial charge in [-0.05, 0) is 18.8 Å². The normalized spacial score (nSPS) is 13.1. The van der Waals surface area contributed by atoms with Crippen molar-refractivity contribution in [3.8, 4) is 0 Å². The molecule has 2 unspecified atom stereocenters. The van der Waals surface area contributed by atoms with Crippen molar-refractivity contribution in [1.82, 2.24) is 10.0 Å². The molecule has 1 amide bonds. The molecule has 0 saturated carbocycles. The summed E-state index contributed by atoms with van der Waals surface area (Å²) < 4.78 is 5.53. The Morgan fingerprint density at radius 2 is 1.90 bits per heavy atom. The second-order valence-corrected chi connectivity index (χ2v) is 8.63. The number of aldehydes is 1. The third-order valence-electron chi connectivity index (χ3n) is 4.74. The third kappa shape index (κ3) is 8.92. The Morgan fingerprint density at radius 3 is 2.43 bits per heavy atom. The van der Waals surface area contributed by atoms with Crippen molar-refractivity contribution in [2.45, 2.75) is 91.7 Å². The fraction of sp³-hybridized carbons (Fsp3) is 0.727. The molecule has 0 aliphatic carbocycles. The second-order valence-electron chi connectivity index (χ2n) is 7.74. The molecule has 1 aromatic heterocycles. The smallest absolute Gasteiger partial charge is 0.303 e. The van der Waals surface area contributed by atoms with Crippen LogP contribution in [0.5, 0.6) is 0 Å². The molecule has 0 N–H and O–H groups in total. The zero-order valence-corrected chi connectivity index (χ0v) is 19.7. The summed E-state index contributed by atoms with van der Waals surface area (Å²) in [6.45, 7) is 10.0. The number of amides is 1. The molecule has 0 saturated heterocycles. The lowest BCUT2D eigenvalue weighted by Gasteiger charge is -2.35. The van der Waals surface area contributed by atoms with Crippen LogP contribution >= 0.6 is 11.3 Å². The van der Waals surface area contributed by atoms with E-state index in [9.17, 15) is 14.4 Å². The molecule has 7 nitrogen and oxygen atoms in total. The van der Waals surface area contributed by atoms with Crippen molar-refractivity contribution in [1.29, 1.82) is 0 Å². The molecule has 0 radical (unpaired) electrons. The van der Waals surface area contributed by atoms with Gasteiger partial charge in [0.2, 0.25) is 5.91 Å². The van der Waals surface area contributed by atoms with Gasteiger partial charge in [-0.15, -0.1) is 11.3 Å². The molecular formula is C22H36N2O5S. The molecule has 8 heteroatoms. The fourth-order valence-corrected chi connectivity index (χ4v) is 3.87. The van der Waals surface area contributed by atoms with Crippen LogP contribution in [0.25, 0.3) is 0 Å². The number of thiazole rings is 1. The van der Waals surface area contributed by atoms with Crippen LogP contribution in [0.3, 0.4) is 0 Å². The van der Waals surface area contributed by atoms with E-state index in [2.05, 4.69) is 11.9 Å². The maximum atomic E-state index is 12.9. The Bertz CT molecular complexity index is 662. The van der Waals surface area contributed by atoms with Gasteiger partial charge in [0, 0.05) is 25.1 Å². The lowest BCUT2D eigenvalue weighted by atomic mass is 9.97. The first-order valence-electron chi connectivity index (χ1n) is 10.9. The Hall–Kier alpha value is -1.80. The van der Waals surface area contributed by atoms with Gasteiger partial charge in [0.15, 0.2) is 12.4 Å². The molecule has 30 heavy (non-hydrogen) atoms. The minimum absolute atomic E-state index is 0.0543. The molecule has 170 valence electrons. The molecule has 0 bridgehead atoms. The van der Waals surface area contributed by atoms with Gasteiger partial charge >= 0.3 is 5.97 Å². The third-order valence-corrected chi connectivity index (χ3v) is 5.69. The van der Waals surface area contributed by atoms with Crippen molar-refractivity contribution < 1.29 is 24.0 Å². The summed E-state index contributed by atoms with van der Waals surface area (Å²) in [7, 11) is 0. The zero-order valence-electron chi connectivity index (χ0n) is 18.9. The van der Waals surface area contributed by atoms with Gasteiger partial charge in [0.25, 0.3) is 0 Å². The van der Waals surface area contributed by atoms with Crippen LogP contribution in [0.1, 0.15) is 101 Å². The highest BCUT2D eigenvalue weighted by Gasteiger charge is 2.33. The van der Waals surface area contributed by atoms with E-state index in [0.717, 1.165) is 32.1 Å². The van der Waals surface area contributed by atoms with Crippen molar-refractivity contribution in [2.75, 3.05) is 6.61 Å². The molecule has 1 aromatic rings. The van der Waals surface area contributed by atoms with E-state index in [4.69, 9.17) is 9.57 Å². The number of hydroxylamine groups is 2. The minimum Gasteiger partial charge on any atom is -0.455 e. The van der Waals surface area contributed by atoms with E-state index < -0.39 is 12.1 Å². The summed E-state index contributed by atoms with van der Waals surface area (Å²) in [5.74, 6) is -0.412. The maximum absolute atomic E-state index is 12.9. The number of aromatic nitrogens is 1. The monoisotopic (exact) mass is 440 g/mol. The largest absolute Gasteiger partial charge is 0.455 e. The van der Waals surface area contributed by atoms with Crippen LogP contribution in [-0.2, 0) is 19.2 Å². The van der Waals surface area contributed by atoms with Gasteiger partial charge < -0.3 is 4.74 Å². The summed E-state index contributed by atoms with van der Waals surface area (Å²) in [5.41, 5.74) is 0.306. The summed E-state index contributed by atoms with van der Waals surface area (Å²) in [6, 6.07) is -0.288. The van der Waals surface area contributed by atoms with Gasteiger partial charge in [0.1, 0.15) is 10.7 Å². The molecule has 1 rings (SSSR count). The highest BCUT2D eigenvalue weighted by atomic mass is 32.1. The average molecular weight is 441 g/mol. The molecule has 0 aliphatic rings. The van der Waals surface area contributed by atoms with E-state index in [1.165, 1.54) is 23.3 Å². The molecular weight excluding hydrogens is 404 g/mol. The number of carbonyl (C=O) groups is 3. The van der Waals surface area contributed by atoms with Gasteiger partial charge in [-0.25, -0.2) is 10.0 Å². The SMILES string of the molecule is CCCCCON(C(=O)CCCC)C(CC(OC(C)=O)c1nc(C=O)cs1)C(C)C. The number of carbonyl (C=O) groups excluding carboxylic acids is 3. The van der Waals surface area contributed by atoms with E-state index in [-0.39, 0.29) is 17.9 Å². The standard InChI is InChI=1S/C22H36N2O5S/c1-6-8-10-12-28-24(21(27)11-9-7-2)19(16(3)4)13-20(29-17(5)26)22-23-18(14-25)15-30-22/h14-16,19-20H,6-13H2,1-5H3. The predicted molar refractivity (Wildman–Crippen MR) is 117 cm³/mol. The summed E-state index contributed by atoms with van der Waals surface area (Å²) in [4.78, 5) is 45.9. The van der Waals surface area contributed by atoms with Crippen LogP contribution in [0.15, 0.2) is 5.38 Å². The van der Waals surface area contributed by atoms with Gasteiger partial charge in [0.05, 0.1) is 12.6 Å². The molecule has 0 aromatic carbocycles. The number of hydrogen-bond acceptors (Lipinski definition) is 7. The first kappa shape index (κ1) is 26.2. The summed E-state index contributed by atoms with van der Waals surface area (Å²) in [6.07, 6.45) is 5.49. The first-order chi connectivity index (χ1) is 14.3. The van der Waals surface area contributed by atoms with Gasteiger partial charge in [-0.3, -0.25) is 19.2 Å². The number of ether oxygens (including phenoxy) is 1. The number of rotatable bonds is 15. The van der Waals surface area contributed by atoms with Crippen LogP contribution in [0.2, 0.25) is 0 Å². The lowest BCUT2D eigenvalue weighted by molar-refractivity contribution is -0.210. The van der Waals surface area contributed by atoms with Crippen LogP contribution in [-0.4, -0.2) is 40.9 Å². The lowest BCUT2D eigenvalue weighted by Crippen LogP contribution is -2.44. The first-order valence-corrected chi connectivity index (χ1v) is 11.7. The summed E-state index contributed by atoms with van der Waals surface area (Å²) in [5, 5.41) is 3.68. The quantitative estimate of drug-likeness (QED) is 0.163. The highest BCUT2D eigenvalue weighted by Crippen LogP contribution is 2.31. The second kappa shape index (κ2) is 14.2. The zero-order chi connectivity index (χ0) is 22.5. The highest BCUT2D eigenvalue weighted by molar-refractivity contribution is 7.09. The van der Waals surface area contributed by atoms with Crippen LogP contribution in [0, 0.1) is 5.92 Å². The van der Waals surface area contributed by atoms with Gasteiger partial charge in [-0.1, -0.05) is 47.0 Å². The van der Waals surface area contributed by atoms with Crippen LogP contribution < -0.4 is 0 Å². The van der Waals surface area contributed by atoms with E-state index in [1.807, 2.05) is 20.8 Å². The van der Waals surface area contributed by atoms with Crippen molar-refractivity contribution in [3.63, 3.8) is 0 Å². The number of esters is 1. The summed E-state index contributed by atoms with van der Waals surface area (Å²) >= 11 is 1.27. The predicted octanol–water partition coefficient (Wildman–Crippen LogP) is 5.12.